The Bertz CT molecular complexity index is 1190. The van der Waals surface area contributed by atoms with Crippen LogP contribution in [0, 0.1) is 0 Å². The Morgan fingerprint density at radius 3 is 2.73 bits per heavy atom. The summed E-state index contributed by atoms with van der Waals surface area (Å²) in [5.41, 5.74) is 5.08. The van der Waals surface area contributed by atoms with E-state index in [2.05, 4.69) is 73.6 Å². The van der Waals surface area contributed by atoms with Gasteiger partial charge in [-0.05, 0) is 112 Å². The van der Waals surface area contributed by atoms with E-state index in [-0.39, 0.29) is 0 Å². The highest BCUT2D eigenvalue weighted by atomic mass is 79.9. The van der Waals surface area contributed by atoms with Crippen molar-refractivity contribution in [1.29, 1.82) is 0 Å². The molecule has 3 heterocycles. The molecule has 0 aliphatic carbocycles. The van der Waals surface area contributed by atoms with Crippen molar-refractivity contribution in [2.75, 3.05) is 26.2 Å². The first-order chi connectivity index (χ1) is 16.2. The number of fused-ring (bicyclic) bond motifs is 1. The first kappa shape index (κ1) is 22.2. The van der Waals surface area contributed by atoms with Crippen molar-refractivity contribution in [2.45, 2.75) is 38.5 Å². The molecule has 0 spiro atoms. The molecule has 1 N–H and O–H groups in total. The fourth-order valence-corrected chi connectivity index (χ4v) is 5.28. The third-order valence-corrected chi connectivity index (χ3v) is 7.18. The minimum atomic E-state index is 0.650. The molecule has 2 aromatic heterocycles. The molecular formula is C27H31BrN4O. The van der Waals surface area contributed by atoms with Gasteiger partial charge in [0, 0.05) is 27.8 Å². The number of benzene rings is 2. The molecule has 0 unspecified atom stereocenters. The molecule has 1 fully saturated rings. The van der Waals surface area contributed by atoms with Crippen LogP contribution in [-0.4, -0.2) is 45.9 Å². The maximum atomic E-state index is 5.53. The number of aromatic nitrogens is 3. The number of nitrogens with zero attached hydrogens (tertiary/aromatic N) is 3. The van der Waals surface area contributed by atoms with Crippen LogP contribution in [0.3, 0.4) is 0 Å². The summed E-state index contributed by atoms with van der Waals surface area (Å²) >= 11 is 3.62. The van der Waals surface area contributed by atoms with Crippen molar-refractivity contribution in [3.05, 3.63) is 76.7 Å². The van der Waals surface area contributed by atoms with E-state index in [1.165, 1.54) is 54.4 Å². The molecule has 5 nitrogen and oxygen atoms in total. The van der Waals surface area contributed by atoms with E-state index in [0.29, 0.717) is 12.5 Å². The summed E-state index contributed by atoms with van der Waals surface area (Å²) in [5.74, 6) is 1.55. The van der Waals surface area contributed by atoms with E-state index in [4.69, 9.17) is 4.74 Å². The number of likely N-dealkylation sites (tertiary alicyclic amines) is 1. The van der Waals surface area contributed by atoms with Crippen LogP contribution in [0.2, 0.25) is 0 Å². The number of rotatable bonds is 8. The second-order valence-electron chi connectivity index (χ2n) is 8.87. The summed E-state index contributed by atoms with van der Waals surface area (Å²) in [6.45, 7) is 6.19. The third-order valence-electron chi connectivity index (χ3n) is 6.69. The van der Waals surface area contributed by atoms with Gasteiger partial charge >= 0.3 is 0 Å². The average Bonchev–Trinajstić information content (AvgIpc) is 3.47. The molecule has 1 saturated heterocycles. The predicted octanol–water partition coefficient (Wildman–Crippen LogP) is 6.33. The summed E-state index contributed by atoms with van der Waals surface area (Å²) in [5, 5.41) is 5.92. The van der Waals surface area contributed by atoms with Crippen molar-refractivity contribution in [1.82, 2.24) is 19.7 Å². The number of ether oxygens (including phenoxy) is 1. The highest BCUT2D eigenvalue weighted by Crippen LogP contribution is 2.34. The van der Waals surface area contributed by atoms with Gasteiger partial charge in [0.25, 0.3) is 0 Å². The molecule has 172 valence electrons. The van der Waals surface area contributed by atoms with Crippen molar-refractivity contribution in [2.24, 2.45) is 0 Å². The standard InChI is InChI=1S/C27H31BrN4O/c1-2-33-24-8-6-23(7-9-24)32-19-20(17-30-32)4-3-13-31-14-11-21(12-15-31)26-18-29-27-10-5-22(28)16-25(26)27/h5-10,16-19,21,29H,2-4,11-15H2,1H3. The number of aryl methyl sites for hydroxylation is 1. The van der Waals surface area contributed by atoms with Gasteiger partial charge in [-0.1, -0.05) is 15.9 Å². The van der Waals surface area contributed by atoms with E-state index in [9.17, 15) is 0 Å². The summed E-state index contributed by atoms with van der Waals surface area (Å²) in [7, 11) is 0. The molecule has 0 radical (unpaired) electrons. The number of aromatic amines is 1. The Labute approximate surface area is 203 Å². The van der Waals surface area contributed by atoms with Crippen LogP contribution in [0.15, 0.2) is 65.5 Å². The van der Waals surface area contributed by atoms with E-state index < -0.39 is 0 Å². The molecule has 0 saturated carbocycles. The van der Waals surface area contributed by atoms with Gasteiger partial charge in [-0.25, -0.2) is 4.68 Å². The number of piperidine rings is 1. The second kappa shape index (κ2) is 10.1. The van der Waals surface area contributed by atoms with Crippen LogP contribution < -0.4 is 4.74 Å². The molecule has 2 aromatic carbocycles. The maximum Gasteiger partial charge on any atom is 0.119 e. The SMILES string of the molecule is CCOc1ccc(-n2cc(CCCN3CCC(c4c[nH]c5ccc(Br)cc45)CC3)cn2)cc1. The van der Waals surface area contributed by atoms with Gasteiger partial charge in [-0.15, -0.1) is 0 Å². The highest BCUT2D eigenvalue weighted by molar-refractivity contribution is 9.10. The van der Waals surface area contributed by atoms with E-state index >= 15 is 0 Å². The van der Waals surface area contributed by atoms with Crippen molar-refractivity contribution in [3.63, 3.8) is 0 Å². The second-order valence-corrected chi connectivity index (χ2v) is 9.79. The lowest BCUT2D eigenvalue weighted by atomic mass is 9.89. The Morgan fingerprint density at radius 2 is 1.94 bits per heavy atom. The maximum absolute atomic E-state index is 5.53. The topological polar surface area (TPSA) is 46.1 Å². The van der Waals surface area contributed by atoms with Crippen LogP contribution in [-0.2, 0) is 6.42 Å². The molecule has 0 bridgehead atoms. The number of hydrogen-bond acceptors (Lipinski definition) is 3. The van der Waals surface area contributed by atoms with Gasteiger partial charge in [0.1, 0.15) is 5.75 Å². The monoisotopic (exact) mass is 506 g/mol. The van der Waals surface area contributed by atoms with Gasteiger partial charge in [0.15, 0.2) is 0 Å². The summed E-state index contributed by atoms with van der Waals surface area (Å²) < 4.78 is 8.63. The number of hydrogen-bond donors (Lipinski definition) is 1. The quantitative estimate of drug-likeness (QED) is 0.303. The molecule has 33 heavy (non-hydrogen) atoms. The van der Waals surface area contributed by atoms with Crippen molar-refractivity contribution < 1.29 is 4.74 Å². The Hall–Kier alpha value is -2.57. The molecule has 0 amide bonds. The van der Waals surface area contributed by atoms with Crippen LogP contribution in [0.1, 0.15) is 43.2 Å². The molecule has 6 heteroatoms. The normalized spacial score (nSPS) is 15.3. The molecule has 4 aromatic rings. The summed E-state index contributed by atoms with van der Waals surface area (Å²) in [6.07, 6.45) is 11.1. The van der Waals surface area contributed by atoms with Gasteiger partial charge in [-0.2, -0.15) is 5.10 Å². The van der Waals surface area contributed by atoms with Crippen molar-refractivity contribution >= 4 is 26.8 Å². The van der Waals surface area contributed by atoms with E-state index in [1.807, 2.05) is 29.9 Å². The van der Waals surface area contributed by atoms with E-state index in [0.717, 1.165) is 28.9 Å². The number of halogens is 1. The van der Waals surface area contributed by atoms with Crippen LogP contribution in [0.5, 0.6) is 5.75 Å². The Kier molecular flexibility index (Phi) is 6.83. The lowest BCUT2D eigenvalue weighted by Gasteiger charge is -2.32. The lowest BCUT2D eigenvalue weighted by Crippen LogP contribution is -2.33. The molecule has 1 aliphatic rings. The summed E-state index contributed by atoms with van der Waals surface area (Å²) in [6, 6.07) is 14.6. The van der Waals surface area contributed by atoms with Gasteiger partial charge in [-0.3, -0.25) is 0 Å². The number of nitrogens with one attached hydrogen (secondary N) is 1. The lowest BCUT2D eigenvalue weighted by molar-refractivity contribution is 0.211. The minimum Gasteiger partial charge on any atom is -0.494 e. The van der Waals surface area contributed by atoms with Crippen molar-refractivity contribution in [3.8, 4) is 11.4 Å². The molecular weight excluding hydrogens is 476 g/mol. The van der Waals surface area contributed by atoms with Crippen LogP contribution in [0.25, 0.3) is 16.6 Å². The number of H-pyrrole nitrogens is 1. The van der Waals surface area contributed by atoms with E-state index in [1.54, 1.807) is 0 Å². The van der Waals surface area contributed by atoms with Gasteiger partial charge in [0.2, 0.25) is 0 Å². The average molecular weight is 507 g/mol. The molecule has 5 rings (SSSR count). The summed E-state index contributed by atoms with van der Waals surface area (Å²) in [4.78, 5) is 6.07. The first-order valence-corrected chi connectivity index (χ1v) is 12.7. The Balaban J connectivity index is 1.10. The fourth-order valence-electron chi connectivity index (χ4n) is 4.92. The fraction of sp³-hybridized carbons (Fsp3) is 0.370. The molecule has 0 atom stereocenters. The zero-order valence-corrected chi connectivity index (χ0v) is 20.7. The van der Waals surface area contributed by atoms with Crippen LogP contribution in [0.4, 0.5) is 0 Å². The largest absolute Gasteiger partial charge is 0.494 e. The zero-order valence-electron chi connectivity index (χ0n) is 19.1. The minimum absolute atomic E-state index is 0.650. The molecule has 1 aliphatic heterocycles. The highest BCUT2D eigenvalue weighted by Gasteiger charge is 2.22. The predicted molar refractivity (Wildman–Crippen MR) is 137 cm³/mol. The zero-order chi connectivity index (χ0) is 22.6. The first-order valence-electron chi connectivity index (χ1n) is 12.0. The Morgan fingerprint density at radius 1 is 1.12 bits per heavy atom. The smallest absolute Gasteiger partial charge is 0.119 e. The van der Waals surface area contributed by atoms with Gasteiger partial charge < -0.3 is 14.6 Å². The third kappa shape index (κ3) is 5.17. The van der Waals surface area contributed by atoms with Gasteiger partial charge in [0.05, 0.1) is 18.5 Å². The van der Waals surface area contributed by atoms with Crippen LogP contribution >= 0.6 is 15.9 Å².